The summed E-state index contributed by atoms with van der Waals surface area (Å²) in [5.74, 6) is -23.9. The summed E-state index contributed by atoms with van der Waals surface area (Å²) in [5.41, 5.74) is 11.9. The van der Waals surface area contributed by atoms with Gasteiger partial charge in [0.25, 0.3) is 10.1 Å². The fourth-order valence-electron chi connectivity index (χ4n) is 17.5. The Labute approximate surface area is 832 Å². The van der Waals surface area contributed by atoms with E-state index in [2.05, 4.69) is 98.7 Å². The zero-order valence-corrected chi connectivity index (χ0v) is 84.8. The molecule has 142 heavy (non-hydrogen) atoms. The highest BCUT2D eigenvalue weighted by atomic mass is 32.2. The molecule has 10 atom stereocenters. The summed E-state index contributed by atoms with van der Waals surface area (Å²) in [5, 5.41) is 66.4. The predicted octanol–water partition coefficient (Wildman–Crippen LogP) is 7.48. The van der Waals surface area contributed by atoms with Crippen LogP contribution in [0.5, 0.6) is 0 Å². The number of nitrogens with zero attached hydrogens (tertiary/aromatic N) is 3. The molecule has 3 heterocycles. The Morgan fingerprint density at radius 3 is 1.68 bits per heavy atom. The number of fused-ring (bicyclic) bond motifs is 2. The number of nitrogens with one attached hydrogen (secondary N) is 7. The number of primary amides is 1. The van der Waals surface area contributed by atoms with Crippen LogP contribution in [0.1, 0.15) is 265 Å². The van der Waals surface area contributed by atoms with Crippen LogP contribution in [0.2, 0.25) is 0 Å². The third kappa shape index (κ3) is 39.7. The number of benzene rings is 2. The van der Waals surface area contributed by atoms with Crippen LogP contribution in [0, 0.1) is 36.5 Å². The fraction of sp³-hybridized carbons (Fsp3) is 0.610. The van der Waals surface area contributed by atoms with Gasteiger partial charge in [0.15, 0.2) is 40.4 Å². The van der Waals surface area contributed by atoms with E-state index >= 15 is 0 Å². The van der Waals surface area contributed by atoms with Gasteiger partial charge in [-0.1, -0.05) is 77.8 Å². The summed E-state index contributed by atoms with van der Waals surface area (Å²) in [7, 11) is -4.53. The molecule has 5 rings (SSSR count). The second kappa shape index (κ2) is 59.1. The van der Waals surface area contributed by atoms with Crippen molar-refractivity contribution in [2.45, 2.75) is 307 Å². The molecule has 0 aromatic heterocycles. The van der Waals surface area contributed by atoms with Crippen molar-refractivity contribution in [2.24, 2.45) is 35.3 Å². The summed E-state index contributed by atoms with van der Waals surface area (Å²) in [6.45, 7) is 19.9. The first kappa shape index (κ1) is 120. The van der Waals surface area contributed by atoms with Gasteiger partial charge < -0.3 is 83.0 Å². The molecule has 0 saturated carbocycles. The highest BCUT2D eigenvalue weighted by molar-refractivity contribution is 7.98. The van der Waals surface area contributed by atoms with Crippen LogP contribution < -0.4 is 47.9 Å². The Kier molecular flexibility index (Phi) is 50.1. The maximum atomic E-state index is 14.3. The number of allylic oxidation sites excluding steroid dienone is 6. The number of unbranched alkanes of at least 4 members (excludes halogenated alkanes) is 3. The molecule has 40 nitrogen and oxygen atoms in total. The van der Waals surface area contributed by atoms with Gasteiger partial charge >= 0.3 is 29.8 Å². The number of Topliss-reactive ketones (excluding diaryl/α,β-unsaturated/α-hetero) is 6. The molecule has 0 unspecified atom stereocenters. The zero-order chi connectivity index (χ0) is 106. The summed E-state index contributed by atoms with van der Waals surface area (Å²) < 4.78 is 42.4. The van der Waals surface area contributed by atoms with Crippen LogP contribution in [-0.4, -0.2) is 266 Å². The van der Waals surface area contributed by atoms with Gasteiger partial charge in [0.05, 0.1) is 41.0 Å². The third-order valence-electron chi connectivity index (χ3n) is 25.4. The van der Waals surface area contributed by atoms with Gasteiger partial charge in [-0.15, -0.1) is 0 Å². The molecule has 0 spiro atoms. The third-order valence-corrected chi connectivity index (χ3v) is 26.9. The van der Waals surface area contributed by atoms with Crippen LogP contribution in [0.3, 0.4) is 0 Å². The lowest BCUT2D eigenvalue weighted by Crippen LogP contribution is -2.51. The zero-order valence-electron chi connectivity index (χ0n) is 83.2. The molecular formula is C100H144N11O29S2+. The first-order chi connectivity index (χ1) is 66.8. The number of amides is 9. The number of hydrogen-bond donors (Lipinski definition) is 14. The van der Waals surface area contributed by atoms with Gasteiger partial charge in [-0.2, -0.15) is 24.8 Å². The Balaban J connectivity index is 1.12. The van der Waals surface area contributed by atoms with Crippen molar-refractivity contribution in [3.8, 4) is 0 Å². The van der Waals surface area contributed by atoms with Crippen LogP contribution in [0.15, 0.2) is 77.4 Å². The highest BCUT2D eigenvalue weighted by Gasteiger charge is 2.46. The van der Waals surface area contributed by atoms with Gasteiger partial charge in [-0.25, -0.2) is 0 Å². The quantitative estimate of drug-likeness (QED) is 0.0132. The molecule has 0 aliphatic carbocycles. The number of anilines is 1. The number of hydrogen-bond acceptors (Lipinski definition) is 25. The van der Waals surface area contributed by atoms with Crippen LogP contribution >= 0.6 is 11.8 Å². The first-order valence-corrected chi connectivity index (χ1v) is 51.3. The number of aryl methyl sites for hydroxylation is 1. The van der Waals surface area contributed by atoms with Crippen molar-refractivity contribution in [1.29, 1.82) is 0 Å². The summed E-state index contributed by atoms with van der Waals surface area (Å²) in [6, 6.07) is 3.26. The molecule has 1 saturated heterocycles. The van der Waals surface area contributed by atoms with E-state index in [1.165, 1.54) is 52.5 Å². The summed E-state index contributed by atoms with van der Waals surface area (Å²) in [4.78, 5) is 266. The molecule has 3 aliphatic heterocycles. The Morgan fingerprint density at radius 1 is 0.556 bits per heavy atom. The Morgan fingerprint density at radius 2 is 1.13 bits per heavy atom. The number of carboxylic acids is 5. The van der Waals surface area contributed by atoms with Crippen molar-refractivity contribution < 1.29 is 144 Å². The number of carbonyl (C=O) groups excluding carboxylic acids is 15. The molecule has 1 fully saturated rings. The lowest BCUT2D eigenvalue weighted by Gasteiger charge is -2.27. The van der Waals surface area contributed by atoms with E-state index in [0.29, 0.717) is 50.8 Å². The van der Waals surface area contributed by atoms with Gasteiger partial charge in [0.1, 0.15) is 25.2 Å². The molecule has 0 radical (unpaired) electrons. The summed E-state index contributed by atoms with van der Waals surface area (Å²) >= 11 is 1.24. The van der Waals surface area contributed by atoms with Crippen LogP contribution in [0.25, 0.3) is 0 Å². The number of ketones is 6. The van der Waals surface area contributed by atoms with E-state index in [0.717, 1.165) is 23.6 Å². The lowest BCUT2D eigenvalue weighted by atomic mass is 9.81. The van der Waals surface area contributed by atoms with Crippen molar-refractivity contribution >= 4 is 157 Å². The maximum absolute atomic E-state index is 14.3. The van der Waals surface area contributed by atoms with Gasteiger partial charge in [0.2, 0.25) is 58.9 Å². The van der Waals surface area contributed by atoms with E-state index in [1.54, 1.807) is 19.2 Å². The number of nitrogens with two attached hydrogens (primary N) is 1. The Hall–Kier alpha value is -12.1. The Bertz CT molecular complexity index is 5140. The molecule has 15 N–H and O–H groups in total. The number of thioether (sulfide) groups is 1. The van der Waals surface area contributed by atoms with Gasteiger partial charge in [-0.3, -0.25) is 100 Å². The molecule has 42 heteroatoms. The smallest absolute Gasteiger partial charge is 0.303 e. The number of ether oxygens (including phenoxy) is 1. The van der Waals surface area contributed by atoms with Crippen molar-refractivity contribution in [3.63, 3.8) is 0 Å². The van der Waals surface area contributed by atoms with Crippen molar-refractivity contribution in [2.75, 3.05) is 62.8 Å². The molecule has 3 aliphatic rings. The SMILES string of the molecule is CCC(=O)N1CCC[C@H]1C(=O)N[C@@H](CC(C)C)C(=O)CCC(=O)N[C@@H](CSC)C(=O)C[C@@H](C)C(=O)NCC(=O)CCCOCC(=O)C[C@H](CCC(=O)O)C(=O)N[C@H](CCC(=O)O)C(=O)C[C@H](CCC(=O)O)C(=O)N[C@H](CCC(=O)O)C(=O)C[C@H](CCC(=O)O)C(=O)N[C@H](CCCCNC(=O)CCCCCN1/C(=C/C=C/C=C/C2=[N+](CC)c3ccc(C)cc3C2(C)C)C(C)(C)c2cc(S(=O)(=O)O)ccc21)C(N)=O. The average Bonchev–Trinajstić information content (AvgIpc) is 1.59. The number of carbonyl (C=O) groups is 20. The number of carboxylic acid groups (broad SMARTS) is 5. The minimum absolute atomic E-state index is 0.00372. The van der Waals surface area contributed by atoms with Gasteiger partial charge in [-0.05, 0) is 166 Å². The largest absolute Gasteiger partial charge is 0.481 e. The lowest BCUT2D eigenvalue weighted by molar-refractivity contribution is -0.433. The van der Waals surface area contributed by atoms with Crippen molar-refractivity contribution in [1.82, 2.24) is 42.1 Å². The maximum Gasteiger partial charge on any atom is 0.303 e. The predicted molar refractivity (Wildman–Crippen MR) is 524 cm³/mol. The fourth-order valence-corrected chi connectivity index (χ4v) is 18.6. The molecule has 9 amide bonds. The van der Waals surface area contributed by atoms with E-state index in [-0.39, 0.29) is 118 Å². The van der Waals surface area contributed by atoms with Crippen molar-refractivity contribution in [3.05, 3.63) is 89.2 Å². The first-order valence-electron chi connectivity index (χ1n) is 48.5. The second-order valence-corrected chi connectivity index (χ2v) is 40.2. The topological polar surface area (TPSA) is 626 Å². The van der Waals surface area contributed by atoms with Crippen LogP contribution in [0.4, 0.5) is 11.4 Å². The van der Waals surface area contributed by atoms with E-state index in [1.807, 2.05) is 52.0 Å². The molecule has 784 valence electrons. The monoisotopic (exact) mass is 2030 g/mol. The van der Waals surface area contributed by atoms with E-state index < -0.39 is 278 Å². The number of rotatable bonds is 70. The minimum atomic E-state index is -4.53. The normalized spacial score (nSPS) is 16.4. The number of aliphatic carboxylic acids is 5. The molecule has 2 aromatic carbocycles. The number of likely N-dealkylation sites (tertiary alicyclic amines) is 1. The average molecular weight is 2030 g/mol. The minimum Gasteiger partial charge on any atom is -0.481 e. The second-order valence-electron chi connectivity index (χ2n) is 37.9. The molecule has 0 bridgehead atoms. The summed E-state index contributed by atoms with van der Waals surface area (Å²) in [6.07, 6.45) is 4.81. The highest BCUT2D eigenvalue weighted by Crippen LogP contribution is 2.49. The standard InChI is InChI=1S/C100H143N11O29S2/c1-12-87(120)111-48-22-26-78(111)98(136)108-74(50-60(3)4)79(114)39-40-86(119)104-75(59-141-11)80(115)52-62(6)94(132)103-57-66(112)24-23-49-140-58-67(113)53-63(31-41-88(121)122)95(133)105-71(35-44-91(127)128)81(116)54-64(32-42-89(123)124)96(134)106-72(36-45-92(129)130)82(117)55-65(33-43-90(125)126)97(135)107-73(93(101)131)25-19-20-46-102-85(118)29-18-15-21-47-110-77-38-34-68(142(137,138)139)56-70(77)100(9,10)84(110)28-17-14-16-27-83-99(7,8)69-51-61(5)30-37-76(69)109(83)13-2/h14,16-17,27-28,30,34,37-38,51,56,60,62-65,71-75,78H,12-13,15,18-26,29,31-33,35-36,39-50,52-55,57-59H2,1-11H3,(H14-,101,102,103,104,105,106,107,108,118,119,121,122,123,124,125,126,127,128,129,130,131,132,133,134,135,136,137,138,139)/p+1/t62-,63+,64+,65+,71-,72-,73-,74+,75+,78+/m1/s1. The van der Waals surface area contributed by atoms with Crippen LogP contribution in [-0.2, 0) is 122 Å². The molecule has 2 aromatic rings. The molecular weight excluding hydrogens is 1880 g/mol. The van der Waals surface area contributed by atoms with E-state index in [4.69, 9.17) is 10.5 Å². The van der Waals surface area contributed by atoms with E-state index in [9.17, 15) is 134 Å². The van der Waals surface area contributed by atoms with Gasteiger partial charge in [0, 0.05) is 180 Å².